The summed E-state index contributed by atoms with van der Waals surface area (Å²) in [6, 6.07) is 9.06. The molecule has 1 amide bonds. The second-order valence-electron chi connectivity index (χ2n) is 4.17. The fraction of sp³-hybridized carbons (Fsp3) is 0. The Labute approximate surface area is 134 Å². The van der Waals surface area contributed by atoms with E-state index in [0.717, 1.165) is 3.57 Å². The molecule has 6 nitrogen and oxygen atoms in total. The minimum absolute atomic E-state index is 0.199. The van der Waals surface area contributed by atoms with Gasteiger partial charge in [0.15, 0.2) is 0 Å². The summed E-state index contributed by atoms with van der Waals surface area (Å²) in [5.41, 5.74) is 0.612. The number of carbonyl (C=O) groups is 1. The number of imidazole rings is 1. The summed E-state index contributed by atoms with van der Waals surface area (Å²) in [7, 11) is 0. The van der Waals surface area contributed by atoms with Gasteiger partial charge in [0.25, 0.3) is 5.91 Å². The number of anilines is 1. The van der Waals surface area contributed by atoms with Crippen molar-refractivity contribution in [3.05, 3.63) is 64.5 Å². The van der Waals surface area contributed by atoms with Gasteiger partial charge in [0, 0.05) is 22.0 Å². The number of nitrogens with zero attached hydrogens (tertiary/aromatic N) is 4. The zero-order chi connectivity index (χ0) is 14.7. The fourth-order valence-corrected chi connectivity index (χ4v) is 2.41. The van der Waals surface area contributed by atoms with E-state index in [1.54, 1.807) is 35.4 Å². The first-order chi connectivity index (χ1) is 10.2. The summed E-state index contributed by atoms with van der Waals surface area (Å²) in [4.78, 5) is 24.4. The van der Waals surface area contributed by atoms with Crippen molar-refractivity contribution in [2.75, 3.05) is 5.32 Å². The highest BCUT2D eigenvalue weighted by Gasteiger charge is 2.10. The third kappa shape index (κ3) is 3.07. The van der Waals surface area contributed by atoms with Crippen LogP contribution in [0.3, 0.4) is 0 Å². The average molecular weight is 391 g/mol. The quantitative estimate of drug-likeness (QED) is 0.697. The first kappa shape index (κ1) is 13.7. The summed E-state index contributed by atoms with van der Waals surface area (Å²) >= 11 is 2.13. The van der Waals surface area contributed by atoms with E-state index >= 15 is 0 Å². The van der Waals surface area contributed by atoms with Gasteiger partial charge in [-0.1, -0.05) is 12.1 Å². The van der Waals surface area contributed by atoms with Gasteiger partial charge in [0.05, 0.1) is 5.56 Å². The van der Waals surface area contributed by atoms with Gasteiger partial charge in [0.1, 0.15) is 24.3 Å². The van der Waals surface area contributed by atoms with E-state index in [4.69, 9.17) is 0 Å². The highest BCUT2D eigenvalue weighted by atomic mass is 127. The van der Waals surface area contributed by atoms with E-state index in [2.05, 4.69) is 42.9 Å². The third-order valence-electron chi connectivity index (χ3n) is 2.78. The maximum absolute atomic E-state index is 12.2. The molecule has 7 heteroatoms. The molecule has 0 atom stereocenters. The van der Waals surface area contributed by atoms with E-state index in [1.165, 1.54) is 6.33 Å². The van der Waals surface area contributed by atoms with Crippen molar-refractivity contribution in [2.24, 2.45) is 0 Å². The molecule has 1 aromatic carbocycles. The summed E-state index contributed by atoms with van der Waals surface area (Å²) in [5.74, 6) is 0.884. The molecule has 104 valence electrons. The third-order valence-corrected chi connectivity index (χ3v) is 3.72. The number of aromatic nitrogens is 4. The summed E-state index contributed by atoms with van der Waals surface area (Å²) in [5, 5.41) is 2.77. The maximum atomic E-state index is 12.2. The Bertz CT molecular complexity index is 773. The highest BCUT2D eigenvalue weighted by molar-refractivity contribution is 14.1. The molecule has 21 heavy (non-hydrogen) atoms. The van der Waals surface area contributed by atoms with Crippen molar-refractivity contribution >= 4 is 34.3 Å². The molecule has 0 aliphatic carbocycles. The van der Waals surface area contributed by atoms with Crippen LogP contribution in [0.25, 0.3) is 5.82 Å². The molecule has 0 aliphatic rings. The molecule has 2 aromatic heterocycles. The van der Waals surface area contributed by atoms with E-state index < -0.39 is 0 Å². The van der Waals surface area contributed by atoms with Crippen LogP contribution in [0.5, 0.6) is 0 Å². The number of benzene rings is 1. The van der Waals surface area contributed by atoms with Crippen molar-refractivity contribution in [3.8, 4) is 5.82 Å². The van der Waals surface area contributed by atoms with E-state index in [0.29, 0.717) is 17.2 Å². The van der Waals surface area contributed by atoms with Gasteiger partial charge in [-0.2, -0.15) is 0 Å². The van der Waals surface area contributed by atoms with E-state index in [-0.39, 0.29) is 5.91 Å². The van der Waals surface area contributed by atoms with E-state index in [9.17, 15) is 4.79 Å². The van der Waals surface area contributed by atoms with Crippen molar-refractivity contribution in [2.45, 2.75) is 0 Å². The Kier molecular flexibility index (Phi) is 3.91. The first-order valence-corrected chi connectivity index (χ1v) is 7.18. The minimum Gasteiger partial charge on any atom is -0.306 e. The maximum Gasteiger partial charge on any atom is 0.257 e. The largest absolute Gasteiger partial charge is 0.306 e. The molecular formula is C14H10IN5O. The Morgan fingerprint density at radius 3 is 2.86 bits per heavy atom. The van der Waals surface area contributed by atoms with Gasteiger partial charge < -0.3 is 5.32 Å². The Balaban J connectivity index is 1.84. The molecule has 0 aliphatic heterocycles. The lowest BCUT2D eigenvalue weighted by Gasteiger charge is -2.07. The van der Waals surface area contributed by atoms with Gasteiger partial charge in [0.2, 0.25) is 0 Å². The van der Waals surface area contributed by atoms with Crippen LogP contribution in [-0.2, 0) is 0 Å². The predicted octanol–water partition coefficient (Wildman–Crippen LogP) is 2.52. The van der Waals surface area contributed by atoms with Gasteiger partial charge in [-0.05, 0) is 34.7 Å². The van der Waals surface area contributed by atoms with Crippen LogP contribution in [0.4, 0.5) is 5.82 Å². The second kappa shape index (κ2) is 6.00. The molecule has 0 saturated carbocycles. The van der Waals surface area contributed by atoms with Gasteiger partial charge in [-0.25, -0.2) is 15.0 Å². The molecule has 0 radical (unpaired) electrons. The van der Waals surface area contributed by atoms with Crippen molar-refractivity contribution in [1.82, 2.24) is 19.5 Å². The molecule has 0 bridgehead atoms. The summed E-state index contributed by atoms with van der Waals surface area (Å²) in [6.45, 7) is 0. The normalized spacial score (nSPS) is 10.3. The van der Waals surface area contributed by atoms with Crippen molar-refractivity contribution in [1.29, 1.82) is 0 Å². The van der Waals surface area contributed by atoms with Gasteiger partial charge in [-0.3, -0.25) is 9.36 Å². The fourth-order valence-electron chi connectivity index (χ4n) is 1.78. The highest BCUT2D eigenvalue weighted by Crippen LogP contribution is 2.14. The van der Waals surface area contributed by atoms with Crippen LogP contribution in [0.2, 0.25) is 0 Å². The molecule has 3 rings (SSSR count). The molecule has 0 spiro atoms. The molecule has 0 saturated heterocycles. The monoisotopic (exact) mass is 391 g/mol. The van der Waals surface area contributed by atoms with Crippen LogP contribution in [-0.4, -0.2) is 25.4 Å². The molecule has 1 N–H and O–H groups in total. The van der Waals surface area contributed by atoms with Crippen LogP contribution in [0.1, 0.15) is 10.4 Å². The molecule has 0 fully saturated rings. The molecule has 3 aromatic rings. The van der Waals surface area contributed by atoms with Gasteiger partial charge in [-0.15, -0.1) is 0 Å². The number of rotatable bonds is 3. The lowest BCUT2D eigenvalue weighted by Crippen LogP contribution is -2.14. The molecule has 2 heterocycles. The Morgan fingerprint density at radius 1 is 1.24 bits per heavy atom. The standard InChI is InChI=1S/C14H10IN5O/c15-11-4-2-1-3-10(11)14(21)19-12-7-13(18-8-17-12)20-6-5-16-9-20/h1-9H,(H,17,18,19,21). The molecule has 0 unspecified atom stereocenters. The number of hydrogen-bond donors (Lipinski definition) is 1. The topological polar surface area (TPSA) is 72.7 Å². The SMILES string of the molecule is O=C(Nc1cc(-n2ccnc2)ncn1)c1ccccc1I. The number of nitrogens with one attached hydrogen (secondary N) is 1. The minimum atomic E-state index is -0.199. The average Bonchev–Trinajstić information content (AvgIpc) is 3.02. The summed E-state index contributed by atoms with van der Waals surface area (Å²) in [6.07, 6.45) is 6.47. The Hall–Kier alpha value is -2.29. The van der Waals surface area contributed by atoms with Crippen LogP contribution >= 0.6 is 22.6 Å². The number of halogens is 1. The first-order valence-electron chi connectivity index (χ1n) is 6.10. The van der Waals surface area contributed by atoms with E-state index in [1.807, 2.05) is 18.2 Å². The number of amides is 1. The molecular weight excluding hydrogens is 381 g/mol. The predicted molar refractivity (Wildman–Crippen MR) is 86.3 cm³/mol. The summed E-state index contributed by atoms with van der Waals surface area (Å²) < 4.78 is 2.63. The van der Waals surface area contributed by atoms with Crippen LogP contribution in [0, 0.1) is 3.57 Å². The van der Waals surface area contributed by atoms with Crippen molar-refractivity contribution in [3.63, 3.8) is 0 Å². The zero-order valence-electron chi connectivity index (χ0n) is 10.8. The number of hydrogen-bond acceptors (Lipinski definition) is 4. The van der Waals surface area contributed by atoms with Crippen LogP contribution in [0.15, 0.2) is 55.4 Å². The zero-order valence-corrected chi connectivity index (χ0v) is 12.9. The second-order valence-corrected chi connectivity index (χ2v) is 5.33. The van der Waals surface area contributed by atoms with Crippen LogP contribution < -0.4 is 5.32 Å². The Morgan fingerprint density at radius 2 is 2.10 bits per heavy atom. The van der Waals surface area contributed by atoms with Crippen molar-refractivity contribution < 1.29 is 4.79 Å². The lowest BCUT2D eigenvalue weighted by molar-refractivity contribution is 0.102. The smallest absolute Gasteiger partial charge is 0.257 e. The number of carbonyl (C=O) groups excluding carboxylic acids is 1. The van der Waals surface area contributed by atoms with Gasteiger partial charge >= 0.3 is 0 Å². The lowest BCUT2D eigenvalue weighted by atomic mass is 10.2.